The van der Waals surface area contributed by atoms with Crippen LogP contribution in [0.4, 0.5) is 14.5 Å². The monoisotopic (exact) mass is 281 g/mol. The van der Waals surface area contributed by atoms with Gasteiger partial charge < -0.3 is 0 Å². The molecule has 0 heterocycles. The second kappa shape index (κ2) is 5.79. The number of nitro benzene ring substituents is 1. The van der Waals surface area contributed by atoms with E-state index in [1.807, 2.05) is 0 Å². The number of hydrogen-bond acceptors (Lipinski definition) is 3. The van der Waals surface area contributed by atoms with Gasteiger partial charge in [0, 0.05) is 22.3 Å². The fourth-order valence-electron chi connectivity index (χ4n) is 1.54. The topological polar surface area (TPSA) is 43.1 Å². The molecule has 0 radical (unpaired) electrons. The Hall–Kier alpha value is -1.95. The Bertz CT molecular complexity index is 619. The first-order chi connectivity index (χ1) is 9.08. The lowest BCUT2D eigenvalue weighted by Crippen LogP contribution is -1.96. The van der Waals surface area contributed by atoms with E-state index in [2.05, 4.69) is 0 Å². The van der Waals surface area contributed by atoms with Crippen LogP contribution in [0, 0.1) is 21.7 Å². The van der Waals surface area contributed by atoms with Crippen molar-refractivity contribution >= 4 is 17.4 Å². The summed E-state index contributed by atoms with van der Waals surface area (Å²) in [5.41, 5.74) is -0.319. The second-order valence-corrected chi connectivity index (χ2v) is 4.80. The minimum Gasteiger partial charge on any atom is -0.258 e. The zero-order valence-corrected chi connectivity index (χ0v) is 10.5. The van der Waals surface area contributed by atoms with Crippen molar-refractivity contribution in [3.8, 4) is 0 Å². The molecule has 0 amide bonds. The van der Waals surface area contributed by atoms with Crippen molar-refractivity contribution in [2.24, 2.45) is 0 Å². The molecule has 6 heteroatoms. The molecule has 0 aliphatic rings. The van der Waals surface area contributed by atoms with Gasteiger partial charge in [0.25, 0.3) is 0 Å². The Morgan fingerprint density at radius 2 is 1.89 bits per heavy atom. The van der Waals surface area contributed by atoms with Gasteiger partial charge in [0.2, 0.25) is 5.82 Å². The molecule has 0 aliphatic heterocycles. The Morgan fingerprint density at radius 1 is 1.16 bits per heavy atom. The summed E-state index contributed by atoms with van der Waals surface area (Å²) in [4.78, 5) is 10.5. The highest BCUT2D eigenvalue weighted by Crippen LogP contribution is 2.27. The highest BCUT2D eigenvalue weighted by Gasteiger charge is 2.16. The van der Waals surface area contributed by atoms with E-state index in [-0.39, 0.29) is 17.1 Å². The third-order valence-electron chi connectivity index (χ3n) is 2.45. The zero-order chi connectivity index (χ0) is 13.8. The van der Waals surface area contributed by atoms with E-state index >= 15 is 0 Å². The van der Waals surface area contributed by atoms with Gasteiger partial charge in [0.15, 0.2) is 0 Å². The summed E-state index contributed by atoms with van der Waals surface area (Å²) >= 11 is 1.22. The van der Waals surface area contributed by atoms with Gasteiger partial charge in [-0.1, -0.05) is 18.2 Å². The maximum absolute atomic E-state index is 13.8. The first-order valence-electron chi connectivity index (χ1n) is 5.38. The van der Waals surface area contributed by atoms with E-state index in [1.54, 1.807) is 12.1 Å². The zero-order valence-electron chi connectivity index (χ0n) is 9.68. The molecular formula is C13H9F2NO2S. The lowest BCUT2D eigenvalue weighted by atomic mass is 10.2. The quantitative estimate of drug-likeness (QED) is 0.480. The molecule has 0 spiro atoms. The van der Waals surface area contributed by atoms with Gasteiger partial charge in [0.1, 0.15) is 5.82 Å². The molecule has 3 nitrogen and oxygen atoms in total. The van der Waals surface area contributed by atoms with Crippen LogP contribution in [0.25, 0.3) is 0 Å². The molecule has 0 unspecified atom stereocenters. The van der Waals surface area contributed by atoms with Crippen LogP contribution in [0.1, 0.15) is 5.56 Å². The molecule has 19 heavy (non-hydrogen) atoms. The number of nitro groups is 1. The summed E-state index contributed by atoms with van der Waals surface area (Å²) in [6.07, 6.45) is 0. The van der Waals surface area contributed by atoms with E-state index in [0.717, 1.165) is 6.07 Å². The molecule has 2 aromatic rings. The molecule has 98 valence electrons. The summed E-state index contributed by atoms with van der Waals surface area (Å²) in [7, 11) is 0. The van der Waals surface area contributed by atoms with E-state index in [9.17, 15) is 18.9 Å². The highest BCUT2D eigenvalue weighted by atomic mass is 32.2. The van der Waals surface area contributed by atoms with Crippen LogP contribution >= 0.6 is 11.8 Å². The van der Waals surface area contributed by atoms with Gasteiger partial charge in [-0.15, -0.1) is 11.8 Å². The van der Waals surface area contributed by atoms with Crippen LogP contribution in [-0.2, 0) is 5.75 Å². The lowest BCUT2D eigenvalue weighted by Gasteiger charge is -2.04. The van der Waals surface area contributed by atoms with Gasteiger partial charge in [-0.3, -0.25) is 10.1 Å². The minimum atomic E-state index is -0.837. The van der Waals surface area contributed by atoms with Gasteiger partial charge >= 0.3 is 5.69 Å². The Labute approximate surface area is 112 Å². The molecule has 0 atom stereocenters. The van der Waals surface area contributed by atoms with Crippen LogP contribution in [0.15, 0.2) is 47.4 Å². The van der Waals surface area contributed by atoms with E-state index < -0.39 is 16.4 Å². The normalized spacial score (nSPS) is 10.4. The first-order valence-corrected chi connectivity index (χ1v) is 6.36. The average molecular weight is 281 g/mol. The van der Waals surface area contributed by atoms with Crippen molar-refractivity contribution in [3.05, 3.63) is 69.8 Å². The summed E-state index contributed by atoms with van der Waals surface area (Å²) < 4.78 is 26.7. The summed E-state index contributed by atoms with van der Waals surface area (Å²) in [6, 6.07) is 9.94. The molecular weight excluding hydrogens is 272 g/mol. The number of nitrogens with zero attached hydrogens (tertiary/aromatic N) is 1. The van der Waals surface area contributed by atoms with Gasteiger partial charge in [0.05, 0.1) is 4.92 Å². The van der Waals surface area contributed by atoms with E-state index in [4.69, 9.17) is 0 Å². The Kier molecular flexibility index (Phi) is 4.11. The van der Waals surface area contributed by atoms with E-state index in [0.29, 0.717) is 4.90 Å². The van der Waals surface area contributed by atoms with E-state index in [1.165, 1.54) is 36.0 Å². The third-order valence-corrected chi connectivity index (χ3v) is 3.49. The minimum absolute atomic E-state index is 0.205. The highest BCUT2D eigenvalue weighted by molar-refractivity contribution is 7.98. The largest absolute Gasteiger partial charge is 0.305 e. The number of hydrogen-bond donors (Lipinski definition) is 0. The second-order valence-electron chi connectivity index (χ2n) is 3.75. The molecule has 0 saturated heterocycles. The number of benzene rings is 2. The number of rotatable bonds is 4. The van der Waals surface area contributed by atoms with Crippen molar-refractivity contribution in [2.45, 2.75) is 10.6 Å². The summed E-state index contributed by atoms with van der Waals surface area (Å²) in [6.45, 7) is 0. The van der Waals surface area contributed by atoms with Crippen molar-refractivity contribution in [3.63, 3.8) is 0 Å². The van der Waals surface area contributed by atoms with Crippen molar-refractivity contribution in [1.29, 1.82) is 0 Å². The Morgan fingerprint density at radius 3 is 2.58 bits per heavy atom. The molecule has 0 aromatic heterocycles. The third kappa shape index (κ3) is 3.29. The molecule has 2 rings (SSSR count). The van der Waals surface area contributed by atoms with Gasteiger partial charge in [-0.05, 0) is 18.2 Å². The standard InChI is InChI=1S/C13H9F2NO2S/c14-10-4-2-5-11(7-10)19-8-9-3-1-6-12(13(9)15)16(17)18/h1-7H,8H2. The van der Waals surface area contributed by atoms with Crippen molar-refractivity contribution < 1.29 is 13.7 Å². The molecule has 0 bridgehead atoms. The average Bonchev–Trinajstić information content (AvgIpc) is 2.37. The first kappa shape index (κ1) is 13.5. The predicted octanol–water partition coefficient (Wildman–Crippen LogP) is 4.17. The number of thioether (sulfide) groups is 1. The van der Waals surface area contributed by atoms with Crippen LogP contribution in [0.5, 0.6) is 0 Å². The summed E-state index contributed by atoms with van der Waals surface area (Å²) in [5.74, 6) is -1.00. The summed E-state index contributed by atoms with van der Waals surface area (Å²) in [5, 5.41) is 10.6. The fraction of sp³-hybridized carbons (Fsp3) is 0.0769. The van der Waals surface area contributed by atoms with Gasteiger partial charge in [-0.25, -0.2) is 4.39 Å². The molecule has 0 saturated carbocycles. The molecule has 2 aromatic carbocycles. The van der Waals surface area contributed by atoms with Crippen LogP contribution in [0.2, 0.25) is 0 Å². The van der Waals surface area contributed by atoms with Crippen molar-refractivity contribution in [1.82, 2.24) is 0 Å². The maximum Gasteiger partial charge on any atom is 0.305 e. The van der Waals surface area contributed by atoms with Crippen LogP contribution in [-0.4, -0.2) is 4.92 Å². The fourth-order valence-corrected chi connectivity index (χ4v) is 2.45. The predicted molar refractivity (Wildman–Crippen MR) is 69.0 cm³/mol. The molecule has 0 aliphatic carbocycles. The maximum atomic E-state index is 13.8. The lowest BCUT2D eigenvalue weighted by molar-refractivity contribution is -0.387. The van der Waals surface area contributed by atoms with Crippen LogP contribution in [0.3, 0.4) is 0 Å². The number of halogens is 2. The molecule has 0 fully saturated rings. The molecule has 0 N–H and O–H groups in total. The van der Waals surface area contributed by atoms with Crippen LogP contribution < -0.4 is 0 Å². The SMILES string of the molecule is O=[N+]([O-])c1cccc(CSc2cccc(F)c2)c1F. The van der Waals surface area contributed by atoms with Gasteiger partial charge in [-0.2, -0.15) is 4.39 Å². The smallest absolute Gasteiger partial charge is 0.258 e. The van der Waals surface area contributed by atoms with Crippen molar-refractivity contribution in [2.75, 3.05) is 0 Å². The Balaban J connectivity index is 2.16.